The number of fused-ring (bicyclic) bond motifs is 1. The van der Waals surface area contributed by atoms with Crippen molar-refractivity contribution in [1.29, 1.82) is 0 Å². The Morgan fingerprint density at radius 3 is 3.00 bits per heavy atom. The lowest BCUT2D eigenvalue weighted by Crippen LogP contribution is -1.87. The maximum absolute atomic E-state index is 4.46. The zero-order valence-corrected chi connectivity index (χ0v) is 9.94. The predicted molar refractivity (Wildman–Crippen MR) is 69.8 cm³/mol. The molecule has 2 aromatic rings. The molecular weight excluding hydrogens is 224 g/mol. The predicted octanol–water partition coefficient (Wildman–Crippen LogP) is 3.14. The zero-order chi connectivity index (χ0) is 10.7. The van der Waals surface area contributed by atoms with Gasteiger partial charge in [0, 0.05) is 11.5 Å². The van der Waals surface area contributed by atoms with E-state index in [1.54, 1.807) is 11.8 Å². The van der Waals surface area contributed by atoms with Gasteiger partial charge in [-0.25, -0.2) is 4.98 Å². The van der Waals surface area contributed by atoms with Gasteiger partial charge in [0.1, 0.15) is 0 Å². The molecule has 0 spiro atoms. The number of aromatic nitrogens is 2. The van der Waals surface area contributed by atoms with Crippen LogP contribution < -0.4 is 0 Å². The lowest BCUT2D eigenvalue weighted by Gasteiger charge is -1.97. The molecule has 1 N–H and O–H groups in total. The molecule has 1 heterocycles. The van der Waals surface area contributed by atoms with E-state index in [0.29, 0.717) is 0 Å². The van der Waals surface area contributed by atoms with Crippen LogP contribution in [0.25, 0.3) is 11.0 Å². The van der Waals surface area contributed by atoms with E-state index < -0.39 is 0 Å². The molecule has 0 aliphatic carbocycles. The first-order valence-corrected chi connectivity index (χ1v) is 6.26. The van der Waals surface area contributed by atoms with Crippen molar-refractivity contribution >= 4 is 35.4 Å². The molecule has 0 bridgehead atoms. The fraction of sp³-hybridized carbons (Fsp3) is 0.182. The van der Waals surface area contributed by atoms with Crippen LogP contribution in [0.3, 0.4) is 0 Å². The summed E-state index contributed by atoms with van der Waals surface area (Å²) in [6.07, 6.45) is 0. The van der Waals surface area contributed by atoms with Gasteiger partial charge in [0.2, 0.25) is 0 Å². The first-order valence-electron chi connectivity index (χ1n) is 4.64. The van der Waals surface area contributed by atoms with Gasteiger partial charge in [-0.05, 0) is 12.1 Å². The lowest BCUT2D eigenvalue weighted by atomic mass is 10.3. The number of hydrogen-bond donors (Lipinski definition) is 2. The third-order valence-corrected chi connectivity index (χ3v) is 3.47. The monoisotopic (exact) mass is 236 g/mol. The molecular formula is C11H12N2S2. The molecule has 78 valence electrons. The SMILES string of the molecule is C=C(CS)CSc1nc2ccccc2[nH]1. The quantitative estimate of drug-likeness (QED) is 0.485. The maximum Gasteiger partial charge on any atom is 0.166 e. The average Bonchev–Trinajstić information content (AvgIpc) is 2.68. The van der Waals surface area contributed by atoms with Gasteiger partial charge >= 0.3 is 0 Å². The number of thioether (sulfide) groups is 1. The Kier molecular flexibility index (Phi) is 3.38. The Labute approximate surface area is 98.6 Å². The van der Waals surface area contributed by atoms with Crippen molar-refractivity contribution in [2.75, 3.05) is 11.5 Å². The van der Waals surface area contributed by atoms with Crippen LogP contribution in [-0.2, 0) is 0 Å². The van der Waals surface area contributed by atoms with Gasteiger partial charge in [0.05, 0.1) is 11.0 Å². The second-order valence-electron chi connectivity index (χ2n) is 3.26. The third-order valence-electron chi connectivity index (χ3n) is 2.00. The van der Waals surface area contributed by atoms with E-state index in [4.69, 9.17) is 0 Å². The third kappa shape index (κ3) is 2.58. The fourth-order valence-electron chi connectivity index (χ4n) is 1.21. The molecule has 0 amide bonds. The van der Waals surface area contributed by atoms with Crippen molar-refractivity contribution in [1.82, 2.24) is 9.97 Å². The topological polar surface area (TPSA) is 28.7 Å². The summed E-state index contributed by atoms with van der Waals surface area (Å²) in [5.41, 5.74) is 3.21. The van der Waals surface area contributed by atoms with Gasteiger partial charge in [0.15, 0.2) is 5.16 Å². The number of nitrogens with one attached hydrogen (secondary N) is 1. The summed E-state index contributed by atoms with van der Waals surface area (Å²) in [4.78, 5) is 7.72. The highest BCUT2D eigenvalue weighted by Gasteiger charge is 2.02. The summed E-state index contributed by atoms with van der Waals surface area (Å²) in [5, 5.41) is 0.944. The van der Waals surface area contributed by atoms with Gasteiger partial charge in [-0.2, -0.15) is 12.6 Å². The molecule has 2 nitrogen and oxygen atoms in total. The molecule has 0 saturated heterocycles. The Morgan fingerprint density at radius 1 is 1.47 bits per heavy atom. The Morgan fingerprint density at radius 2 is 2.27 bits per heavy atom. The fourth-order valence-corrected chi connectivity index (χ4v) is 2.26. The molecule has 4 heteroatoms. The van der Waals surface area contributed by atoms with Crippen molar-refractivity contribution in [2.24, 2.45) is 0 Å². The number of aromatic amines is 1. The van der Waals surface area contributed by atoms with Crippen LogP contribution >= 0.6 is 24.4 Å². The molecule has 0 unspecified atom stereocenters. The summed E-state index contributed by atoms with van der Waals surface area (Å²) in [6, 6.07) is 8.02. The van der Waals surface area contributed by atoms with Crippen molar-refractivity contribution < 1.29 is 0 Å². The highest BCUT2D eigenvalue weighted by Crippen LogP contribution is 2.20. The molecule has 1 aromatic carbocycles. The van der Waals surface area contributed by atoms with Crippen molar-refractivity contribution in [2.45, 2.75) is 5.16 Å². The highest BCUT2D eigenvalue weighted by molar-refractivity contribution is 7.99. The van der Waals surface area contributed by atoms with Crippen molar-refractivity contribution in [3.8, 4) is 0 Å². The summed E-state index contributed by atoms with van der Waals surface area (Å²) >= 11 is 5.83. The standard InChI is InChI=1S/C11H12N2S2/c1-8(6-14)7-15-11-12-9-4-2-3-5-10(9)13-11/h2-5,14H,1,6-7H2,(H,12,13). The van der Waals surface area contributed by atoms with E-state index in [2.05, 4.69) is 29.2 Å². The Hall–Kier alpha value is -0.870. The van der Waals surface area contributed by atoms with Crippen LogP contribution in [-0.4, -0.2) is 21.5 Å². The molecule has 0 fully saturated rings. The smallest absolute Gasteiger partial charge is 0.166 e. The maximum atomic E-state index is 4.46. The molecule has 15 heavy (non-hydrogen) atoms. The van der Waals surface area contributed by atoms with Crippen LogP contribution in [0.4, 0.5) is 0 Å². The average molecular weight is 236 g/mol. The number of nitrogens with zero attached hydrogens (tertiary/aromatic N) is 1. The molecule has 0 saturated carbocycles. The van der Waals surface area contributed by atoms with Crippen LogP contribution in [0, 0.1) is 0 Å². The first kappa shape index (κ1) is 10.6. The van der Waals surface area contributed by atoms with E-state index in [9.17, 15) is 0 Å². The van der Waals surface area contributed by atoms with Crippen LogP contribution in [0.1, 0.15) is 0 Å². The number of thiol groups is 1. The largest absolute Gasteiger partial charge is 0.333 e. The van der Waals surface area contributed by atoms with Crippen molar-refractivity contribution in [3.63, 3.8) is 0 Å². The number of rotatable bonds is 4. The van der Waals surface area contributed by atoms with Gasteiger partial charge in [-0.15, -0.1) is 0 Å². The molecule has 0 atom stereocenters. The highest BCUT2D eigenvalue weighted by atomic mass is 32.2. The zero-order valence-electron chi connectivity index (χ0n) is 8.23. The molecule has 0 radical (unpaired) electrons. The van der Waals surface area contributed by atoms with E-state index in [1.165, 1.54) is 0 Å². The van der Waals surface area contributed by atoms with Gasteiger partial charge in [-0.3, -0.25) is 0 Å². The first-order chi connectivity index (χ1) is 7.29. The van der Waals surface area contributed by atoms with Gasteiger partial charge in [0.25, 0.3) is 0 Å². The number of hydrogen-bond acceptors (Lipinski definition) is 3. The summed E-state index contributed by atoms with van der Waals surface area (Å²) < 4.78 is 0. The summed E-state index contributed by atoms with van der Waals surface area (Å²) in [5.74, 6) is 1.59. The van der Waals surface area contributed by atoms with Crippen molar-refractivity contribution in [3.05, 3.63) is 36.4 Å². The number of imidazole rings is 1. The molecule has 0 aliphatic heterocycles. The molecule has 2 rings (SSSR count). The minimum absolute atomic E-state index is 0.729. The van der Waals surface area contributed by atoms with Crippen LogP contribution in [0.15, 0.2) is 41.6 Å². The van der Waals surface area contributed by atoms with E-state index in [-0.39, 0.29) is 0 Å². The second-order valence-corrected chi connectivity index (χ2v) is 4.54. The molecule has 0 aliphatic rings. The molecule has 1 aromatic heterocycles. The normalized spacial score (nSPS) is 10.7. The summed E-state index contributed by atoms with van der Waals surface area (Å²) in [6.45, 7) is 3.90. The van der Waals surface area contributed by atoms with Gasteiger partial charge in [-0.1, -0.05) is 36.0 Å². The Bertz CT molecular complexity index is 443. The van der Waals surface area contributed by atoms with E-state index in [0.717, 1.165) is 33.3 Å². The van der Waals surface area contributed by atoms with E-state index in [1.807, 2.05) is 24.3 Å². The minimum Gasteiger partial charge on any atom is -0.333 e. The number of H-pyrrole nitrogens is 1. The Balaban J connectivity index is 2.12. The summed E-state index contributed by atoms with van der Waals surface area (Å²) in [7, 11) is 0. The number of benzene rings is 1. The van der Waals surface area contributed by atoms with E-state index >= 15 is 0 Å². The number of para-hydroxylation sites is 2. The van der Waals surface area contributed by atoms with Crippen LogP contribution in [0.5, 0.6) is 0 Å². The minimum atomic E-state index is 0.729. The second kappa shape index (κ2) is 4.77. The lowest BCUT2D eigenvalue weighted by molar-refractivity contribution is 1.08. The van der Waals surface area contributed by atoms with Crippen LogP contribution in [0.2, 0.25) is 0 Å². The van der Waals surface area contributed by atoms with Gasteiger partial charge < -0.3 is 4.98 Å².